The number of nitrogens with one attached hydrogen (secondary N) is 1. The molecule has 3 aromatic carbocycles. The van der Waals surface area contributed by atoms with Crippen molar-refractivity contribution in [2.24, 2.45) is 0 Å². The van der Waals surface area contributed by atoms with Crippen LogP contribution in [-0.2, 0) is 11.2 Å². The Labute approximate surface area is 233 Å². The second kappa shape index (κ2) is 12.3. The molecule has 0 spiro atoms. The first-order valence-corrected chi connectivity index (χ1v) is 14.0. The van der Waals surface area contributed by atoms with E-state index in [-0.39, 0.29) is 17.6 Å². The highest BCUT2D eigenvalue weighted by Gasteiger charge is 2.23. The fraction of sp³-hybridized carbons (Fsp3) is 0.214. The number of amides is 2. The van der Waals surface area contributed by atoms with Crippen molar-refractivity contribution in [1.82, 2.24) is 15.1 Å². The molecule has 1 fully saturated rings. The summed E-state index contributed by atoms with van der Waals surface area (Å²) in [6, 6.07) is 25.2. The van der Waals surface area contributed by atoms with Gasteiger partial charge in [0.15, 0.2) is 0 Å². The molecule has 0 unspecified atom stereocenters. The molecule has 1 saturated heterocycles. The molecule has 1 aromatic heterocycles. The summed E-state index contributed by atoms with van der Waals surface area (Å²) in [7, 11) is 0. The molecule has 194 valence electrons. The van der Waals surface area contributed by atoms with E-state index >= 15 is 0 Å². The number of benzene rings is 3. The summed E-state index contributed by atoms with van der Waals surface area (Å²) >= 11 is 4.68. The summed E-state index contributed by atoms with van der Waals surface area (Å²) in [4.78, 5) is 29.4. The zero-order valence-electron chi connectivity index (χ0n) is 20.5. The van der Waals surface area contributed by atoms with Gasteiger partial charge in [-0.2, -0.15) is 0 Å². The van der Waals surface area contributed by atoms with Crippen LogP contribution in [0.25, 0.3) is 0 Å². The molecule has 5 rings (SSSR count). The minimum atomic E-state index is -0.148. The first-order chi connectivity index (χ1) is 18.5. The summed E-state index contributed by atoms with van der Waals surface area (Å²) in [5, 5.41) is 11.4. The minimum Gasteiger partial charge on any atom is -0.416 e. The van der Waals surface area contributed by atoms with Gasteiger partial charge < -0.3 is 19.5 Å². The van der Waals surface area contributed by atoms with Gasteiger partial charge >= 0.3 is 0 Å². The first-order valence-electron chi connectivity index (χ1n) is 12.2. The summed E-state index contributed by atoms with van der Waals surface area (Å²) in [6.45, 7) is 2.79. The Kier molecular flexibility index (Phi) is 8.40. The number of carbonyl (C=O) groups is 2. The average Bonchev–Trinajstić information content (AvgIpc) is 3.40. The lowest BCUT2D eigenvalue weighted by Crippen LogP contribution is -2.48. The van der Waals surface area contributed by atoms with Gasteiger partial charge in [0.25, 0.3) is 11.1 Å². The molecule has 1 aliphatic rings. The number of rotatable bonds is 8. The van der Waals surface area contributed by atoms with Crippen LogP contribution in [0, 0.1) is 0 Å². The first kappa shape index (κ1) is 26.0. The number of aromatic nitrogens is 2. The van der Waals surface area contributed by atoms with Crippen LogP contribution in [0.5, 0.6) is 0 Å². The highest BCUT2D eigenvalue weighted by Crippen LogP contribution is 2.23. The van der Waals surface area contributed by atoms with E-state index < -0.39 is 0 Å². The minimum absolute atomic E-state index is 0.0426. The average molecular weight is 593 g/mol. The van der Waals surface area contributed by atoms with Crippen LogP contribution < -0.4 is 10.2 Å². The molecule has 2 amide bonds. The normalized spacial score (nSPS) is 13.4. The smallest absolute Gasteiger partial charge is 0.277 e. The highest BCUT2D eigenvalue weighted by atomic mass is 79.9. The van der Waals surface area contributed by atoms with Gasteiger partial charge in [0, 0.05) is 42.0 Å². The molecule has 2 heterocycles. The Balaban J connectivity index is 1.07. The second-order valence-corrected chi connectivity index (χ2v) is 10.5. The molecular formula is C28H26BrN5O3S. The van der Waals surface area contributed by atoms with Gasteiger partial charge in [0.2, 0.25) is 11.8 Å². The summed E-state index contributed by atoms with van der Waals surface area (Å²) < 4.78 is 6.47. The molecule has 0 atom stereocenters. The fourth-order valence-electron chi connectivity index (χ4n) is 4.19. The third kappa shape index (κ3) is 6.62. The third-order valence-electron chi connectivity index (χ3n) is 6.16. The fourth-order valence-corrected chi connectivity index (χ4v) is 5.23. The van der Waals surface area contributed by atoms with Gasteiger partial charge in [-0.3, -0.25) is 9.59 Å². The Morgan fingerprint density at radius 3 is 2.34 bits per heavy atom. The maximum atomic E-state index is 12.9. The molecule has 4 aromatic rings. The van der Waals surface area contributed by atoms with E-state index in [1.54, 1.807) is 0 Å². The zero-order chi connectivity index (χ0) is 26.3. The number of nitrogens with zero attached hydrogens (tertiary/aromatic N) is 4. The van der Waals surface area contributed by atoms with Gasteiger partial charge in [-0.1, -0.05) is 54.2 Å². The van der Waals surface area contributed by atoms with E-state index in [1.165, 1.54) is 11.8 Å². The molecule has 1 aliphatic heterocycles. The Hall–Kier alpha value is -3.63. The van der Waals surface area contributed by atoms with Gasteiger partial charge in [-0.25, -0.2) is 0 Å². The van der Waals surface area contributed by atoms with Crippen LogP contribution in [0.4, 0.5) is 11.4 Å². The molecule has 1 N–H and O–H groups in total. The molecule has 0 bridgehead atoms. The lowest BCUT2D eigenvalue weighted by Gasteiger charge is -2.36. The van der Waals surface area contributed by atoms with Gasteiger partial charge in [0.05, 0.1) is 17.7 Å². The zero-order valence-corrected chi connectivity index (χ0v) is 23.0. The topological polar surface area (TPSA) is 91.6 Å². The van der Waals surface area contributed by atoms with Crippen molar-refractivity contribution < 1.29 is 14.0 Å². The molecule has 10 heteroatoms. The monoisotopic (exact) mass is 591 g/mol. The van der Waals surface area contributed by atoms with E-state index in [2.05, 4.69) is 36.3 Å². The lowest BCUT2D eigenvalue weighted by molar-refractivity contribution is -0.113. The summed E-state index contributed by atoms with van der Waals surface area (Å²) in [6.07, 6.45) is 0.559. The standard InChI is InChI=1S/C28H26BrN5O3S/c29-24-9-5-4-8-23(24)27(36)34-16-14-33(15-17-34)22-12-10-21(11-13-22)30-25(35)19-38-28-32-31-26(37-28)18-20-6-2-1-3-7-20/h1-13H,14-19H2,(H,30,35). The number of thioether (sulfide) groups is 1. The quantitative estimate of drug-likeness (QED) is 0.284. The van der Waals surface area contributed by atoms with Crippen LogP contribution in [0.15, 0.2) is 93.0 Å². The van der Waals surface area contributed by atoms with E-state index in [4.69, 9.17) is 4.42 Å². The van der Waals surface area contributed by atoms with Crippen molar-refractivity contribution in [3.63, 3.8) is 0 Å². The lowest BCUT2D eigenvalue weighted by atomic mass is 10.1. The molecular weight excluding hydrogens is 566 g/mol. The van der Waals surface area contributed by atoms with Crippen LogP contribution in [-0.4, -0.2) is 58.8 Å². The number of halogens is 1. The van der Waals surface area contributed by atoms with Crippen molar-refractivity contribution in [2.75, 3.05) is 42.1 Å². The van der Waals surface area contributed by atoms with Gasteiger partial charge in [-0.15, -0.1) is 10.2 Å². The van der Waals surface area contributed by atoms with E-state index in [9.17, 15) is 9.59 Å². The number of piperazine rings is 1. The van der Waals surface area contributed by atoms with Crippen molar-refractivity contribution in [3.05, 3.63) is 100 Å². The SMILES string of the molecule is O=C(CSc1nnc(Cc2ccccc2)o1)Nc1ccc(N2CCN(C(=O)c3ccccc3Br)CC2)cc1. The summed E-state index contributed by atoms with van der Waals surface area (Å²) in [5.41, 5.74) is 3.55. The van der Waals surface area contributed by atoms with Gasteiger partial charge in [-0.05, 0) is 57.9 Å². The number of anilines is 2. The number of hydrogen-bond donors (Lipinski definition) is 1. The van der Waals surface area contributed by atoms with Crippen LogP contribution in [0.3, 0.4) is 0 Å². The maximum Gasteiger partial charge on any atom is 0.277 e. The van der Waals surface area contributed by atoms with Gasteiger partial charge in [0.1, 0.15) is 0 Å². The van der Waals surface area contributed by atoms with Crippen LogP contribution >= 0.6 is 27.7 Å². The van der Waals surface area contributed by atoms with E-state index in [1.807, 2.05) is 83.8 Å². The van der Waals surface area contributed by atoms with Crippen molar-refractivity contribution in [2.45, 2.75) is 11.6 Å². The highest BCUT2D eigenvalue weighted by molar-refractivity contribution is 9.10. The van der Waals surface area contributed by atoms with Crippen molar-refractivity contribution >= 4 is 50.9 Å². The predicted octanol–water partition coefficient (Wildman–Crippen LogP) is 5.12. The molecule has 0 radical (unpaired) electrons. The Bertz CT molecular complexity index is 1390. The second-order valence-electron chi connectivity index (χ2n) is 8.77. The third-order valence-corrected chi connectivity index (χ3v) is 7.67. The van der Waals surface area contributed by atoms with Crippen molar-refractivity contribution in [3.8, 4) is 0 Å². The van der Waals surface area contributed by atoms with Crippen LogP contribution in [0.1, 0.15) is 21.8 Å². The molecule has 0 saturated carbocycles. The summed E-state index contributed by atoms with van der Waals surface area (Å²) in [5.74, 6) is 0.584. The number of hydrogen-bond acceptors (Lipinski definition) is 7. The predicted molar refractivity (Wildman–Crippen MR) is 152 cm³/mol. The molecule has 38 heavy (non-hydrogen) atoms. The molecule has 0 aliphatic carbocycles. The Morgan fingerprint density at radius 1 is 0.895 bits per heavy atom. The Morgan fingerprint density at radius 2 is 1.61 bits per heavy atom. The van der Waals surface area contributed by atoms with E-state index in [0.29, 0.717) is 36.2 Å². The maximum absolute atomic E-state index is 12.9. The van der Waals surface area contributed by atoms with Crippen molar-refractivity contribution in [1.29, 1.82) is 0 Å². The number of carbonyl (C=O) groups excluding carboxylic acids is 2. The van der Waals surface area contributed by atoms with E-state index in [0.717, 1.165) is 34.5 Å². The largest absolute Gasteiger partial charge is 0.416 e. The molecule has 8 nitrogen and oxygen atoms in total. The van der Waals surface area contributed by atoms with Crippen LogP contribution in [0.2, 0.25) is 0 Å².